The van der Waals surface area contributed by atoms with Gasteiger partial charge >= 0.3 is 0 Å². The van der Waals surface area contributed by atoms with Crippen molar-refractivity contribution in [1.29, 1.82) is 0 Å². The number of furan rings is 1. The molecule has 2 rings (SSSR count). The molecule has 0 aliphatic rings. The summed E-state index contributed by atoms with van der Waals surface area (Å²) in [6, 6.07) is 10.0. The number of hydrogen-bond donors (Lipinski definition) is 2. The van der Waals surface area contributed by atoms with Gasteiger partial charge in [0.2, 0.25) is 5.91 Å². The van der Waals surface area contributed by atoms with Gasteiger partial charge in [0.25, 0.3) is 5.91 Å². The number of anilines is 1. The van der Waals surface area contributed by atoms with E-state index in [1.54, 1.807) is 43.3 Å². The van der Waals surface area contributed by atoms with Crippen LogP contribution in [0.5, 0.6) is 0 Å². The molecular weight excluding hydrogens is 270 g/mol. The molecule has 0 radical (unpaired) electrons. The average molecular weight is 285 g/mol. The summed E-state index contributed by atoms with van der Waals surface area (Å²) in [6.45, 7) is 3.16. The number of benzene rings is 1. The average Bonchev–Trinajstić information content (AvgIpc) is 2.99. The highest BCUT2D eigenvalue weighted by Gasteiger charge is 2.06. The molecule has 2 N–H and O–H groups in total. The zero-order chi connectivity index (χ0) is 15.2. The predicted molar refractivity (Wildman–Crippen MR) is 79.1 cm³/mol. The second kappa shape index (κ2) is 6.51. The molecule has 0 aliphatic carbocycles. The number of hydrogen-bond acceptors (Lipinski definition) is 4. The first-order valence-corrected chi connectivity index (χ1v) is 6.32. The van der Waals surface area contributed by atoms with Crippen molar-refractivity contribution in [3.63, 3.8) is 0 Å². The summed E-state index contributed by atoms with van der Waals surface area (Å²) in [5.74, 6) is 0.0949. The third kappa shape index (κ3) is 4.04. The molecule has 0 fully saturated rings. The predicted octanol–water partition coefficient (Wildman–Crippen LogP) is 2.39. The van der Waals surface area contributed by atoms with Crippen molar-refractivity contribution in [3.8, 4) is 0 Å². The van der Waals surface area contributed by atoms with E-state index in [2.05, 4.69) is 15.8 Å². The third-order valence-electron chi connectivity index (χ3n) is 2.67. The third-order valence-corrected chi connectivity index (χ3v) is 2.67. The van der Waals surface area contributed by atoms with Gasteiger partial charge in [0.15, 0.2) is 0 Å². The van der Waals surface area contributed by atoms with Crippen LogP contribution >= 0.6 is 0 Å². The Bertz CT molecular complexity index is 658. The number of amides is 2. The Morgan fingerprint density at radius 2 is 1.81 bits per heavy atom. The van der Waals surface area contributed by atoms with Crippen molar-refractivity contribution >= 4 is 23.2 Å². The van der Waals surface area contributed by atoms with Crippen molar-refractivity contribution in [2.24, 2.45) is 5.10 Å². The SMILES string of the molecule is CC(=O)Nc1ccc(C(=O)N/N=C(/C)c2ccco2)cc1. The molecule has 0 atom stereocenters. The van der Waals surface area contributed by atoms with E-state index in [0.29, 0.717) is 22.7 Å². The lowest BCUT2D eigenvalue weighted by molar-refractivity contribution is -0.114. The van der Waals surface area contributed by atoms with E-state index in [9.17, 15) is 9.59 Å². The largest absolute Gasteiger partial charge is 0.463 e. The van der Waals surface area contributed by atoms with Crippen LogP contribution in [0.25, 0.3) is 0 Å². The summed E-state index contributed by atoms with van der Waals surface area (Å²) >= 11 is 0. The molecular formula is C15H15N3O3. The van der Waals surface area contributed by atoms with Crippen molar-refractivity contribution in [1.82, 2.24) is 5.43 Å². The minimum Gasteiger partial charge on any atom is -0.463 e. The topological polar surface area (TPSA) is 83.7 Å². The van der Waals surface area contributed by atoms with Gasteiger partial charge in [-0.1, -0.05) is 0 Å². The second-order valence-corrected chi connectivity index (χ2v) is 4.37. The molecule has 2 aromatic rings. The number of carbonyl (C=O) groups is 2. The van der Waals surface area contributed by atoms with Gasteiger partial charge in [-0.15, -0.1) is 0 Å². The Hall–Kier alpha value is -2.89. The maximum Gasteiger partial charge on any atom is 0.271 e. The van der Waals surface area contributed by atoms with Gasteiger partial charge in [-0.3, -0.25) is 9.59 Å². The van der Waals surface area contributed by atoms with E-state index in [-0.39, 0.29) is 11.8 Å². The van der Waals surface area contributed by atoms with Crippen LogP contribution in [0, 0.1) is 0 Å². The fourth-order valence-electron chi connectivity index (χ4n) is 1.65. The summed E-state index contributed by atoms with van der Waals surface area (Å²) < 4.78 is 5.16. The molecule has 1 heterocycles. The maximum atomic E-state index is 11.9. The highest BCUT2D eigenvalue weighted by Crippen LogP contribution is 2.09. The van der Waals surface area contributed by atoms with Crippen LogP contribution in [0.15, 0.2) is 52.2 Å². The van der Waals surface area contributed by atoms with E-state index >= 15 is 0 Å². The van der Waals surface area contributed by atoms with Crippen LogP contribution in [0.4, 0.5) is 5.69 Å². The molecule has 0 bridgehead atoms. The first-order valence-electron chi connectivity index (χ1n) is 6.32. The Labute approximate surface area is 121 Å². The Kier molecular flexibility index (Phi) is 4.50. The zero-order valence-corrected chi connectivity index (χ0v) is 11.7. The van der Waals surface area contributed by atoms with Gasteiger partial charge in [-0.2, -0.15) is 5.10 Å². The van der Waals surface area contributed by atoms with E-state index in [0.717, 1.165) is 0 Å². The lowest BCUT2D eigenvalue weighted by atomic mass is 10.2. The maximum absolute atomic E-state index is 11.9. The molecule has 1 aromatic carbocycles. The van der Waals surface area contributed by atoms with Gasteiger partial charge in [0.05, 0.1) is 6.26 Å². The van der Waals surface area contributed by atoms with Gasteiger partial charge in [-0.25, -0.2) is 5.43 Å². The molecule has 0 unspecified atom stereocenters. The van der Waals surface area contributed by atoms with Crippen molar-refractivity contribution in [3.05, 3.63) is 54.0 Å². The summed E-state index contributed by atoms with van der Waals surface area (Å²) in [4.78, 5) is 22.8. The highest BCUT2D eigenvalue weighted by molar-refractivity contribution is 5.99. The van der Waals surface area contributed by atoms with Crippen LogP contribution in [-0.4, -0.2) is 17.5 Å². The van der Waals surface area contributed by atoms with Gasteiger partial charge in [0, 0.05) is 18.2 Å². The summed E-state index contributed by atoms with van der Waals surface area (Å²) in [7, 11) is 0. The fourth-order valence-corrected chi connectivity index (χ4v) is 1.65. The number of rotatable bonds is 4. The van der Waals surface area contributed by atoms with Crippen LogP contribution in [0.2, 0.25) is 0 Å². The number of hydrazone groups is 1. The first kappa shape index (κ1) is 14.5. The highest BCUT2D eigenvalue weighted by atomic mass is 16.3. The lowest BCUT2D eigenvalue weighted by Gasteiger charge is -2.04. The summed E-state index contributed by atoms with van der Waals surface area (Å²) in [6.07, 6.45) is 1.54. The van der Waals surface area contributed by atoms with Crippen molar-refractivity contribution in [2.45, 2.75) is 13.8 Å². The second-order valence-electron chi connectivity index (χ2n) is 4.37. The minimum atomic E-state index is -0.338. The molecule has 0 spiro atoms. The Morgan fingerprint density at radius 3 is 2.38 bits per heavy atom. The lowest BCUT2D eigenvalue weighted by Crippen LogP contribution is -2.19. The number of carbonyl (C=O) groups excluding carboxylic acids is 2. The number of nitrogens with one attached hydrogen (secondary N) is 2. The van der Waals surface area contributed by atoms with Crippen molar-refractivity contribution < 1.29 is 14.0 Å². The number of nitrogens with zero attached hydrogens (tertiary/aromatic N) is 1. The molecule has 21 heavy (non-hydrogen) atoms. The molecule has 0 saturated carbocycles. The smallest absolute Gasteiger partial charge is 0.271 e. The standard InChI is InChI=1S/C15H15N3O3/c1-10(14-4-3-9-21-14)17-18-15(20)12-5-7-13(8-6-12)16-11(2)19/h3-9H,1-2H3,(H,16,19)(H,18,20)/b17-10-. The molecule has 1 aromatic heterocycles. The Balaban J connectivity index is 2.00. The summed E-state index contributed by atoms with van der Waals surface area (Å²) in [5, 5.41) is 6.60. The van der Waals surface area contributed by atoms with Gasteiger partial charge in [-0.05, 0) is 43.3 Å². The molecule has 108 valence electrons. The first-order chi connectivity index (χ1) is 10.1. The molecule has 0 saturated heterocycles. The van der Waals surface area contributed by atoms with Crippen LogP contribution in [-0.2, 0) is 4.79 Å². The van der Waals surface area contributed by atoms with E-state index in [4.69, 9.17) is 4.42 Å². The van der Waals surface area contributed by atoms with E-state index in [1.165, 1.54) is 13.2 Å². The van der Waals surface area contributed by atoms with Crippen LogP contribution < -0.4 is 10.7 Å². The fraction of sp³-hybridized carbons (Fsp3) is 0.133. The summed E-state index contributed by atoms with van der Waals surface area (Å²) in [5.41, 5.74) is 4.10. The quantitative estimate of drug-likeness (QED) is 0.668. The van der Waals surface area contributed by atoms with E-state index in [1.807, 2.05) is 0 Å². The van der Waals surface area contributed by atoms with Crippen molar-refractivity contribution in [2.75, 3.05) is 5.32 Å². The molecule has 2 amide bonds. The minimum absolute atomic E-state index is 0.161. The van der Waals surface area contributed by atoms with Gasteiger partial charge < -0.3 is 9.73 Å². The zero-order valence-electron chi connectivity index (χ0n) is 11.7. The molecule has 6 nitrogen and oxygen atoms in total. The molecule has 6 heteroatoms. The monoisotopic (exact) mass is 285 g/mol. The molecule has 0 aliphatic heterocycles. The van der Waals surface area contributed by atoms with E-state index < -0.39 is 0 Å². The van der Waals surface area contributed by atoms with Gasteiger partial charge in [0.1, 0.15) is 11.5 Å². The van der Waals surface area contributed by atoms with Crippen LogP contribution in [0.1, 0.15) is 30.0 Å². The van der Waals surface area contributed by atoms with Crippen LogP contribution in [0.3, 0.4) is 0 Å². The normalized spacial score (nSPS) is 11.0. The Morgan fingerprint density at radius 1 is 1.10 bits per heavy atom.